The molecule has 1 aliphatic heterocycles. The molecule has 0 saturated heterocycles. The first-order valence-electron chi connectivity index (χ1n) is 7.46. The van der Waals surface area contributed by atoms with Gasteiger partial charge in [0.1, 0.15) is 5.75 Å². The molecule has 1 aromatic heterocycles. The summed E-state index contributed by atoms with van der Waals surface area (Å²) in [6.45, 7) is 3.93. The van der Waals surface area contributed by atoms with Crippen LogP contribution in [0.1, 0.15) is 29.8 Å². The second-order valence-corrected chi connectivity index (χ2v) is 6.80. The van der Waals surface area contributed by atoms with Crippen molar-refractivity contribution in [2.75, 3.05) is 13.2 Å². The van der Waals surface area contributed by atoms with Crippen molar-refractivity contribution in [3.63, 3.8) is 0 Å². The molecular formula is C17H20ClNOS. The molecule has 1 aliphatic rings. The van der Waals surface area contributed by atoms with Gasteiger partial charge in [-0.3, -0.25) is 0 Å². The maximum atomic E-state index is 6.36. The van der Waals surface area contributed by atoms with Gasteiger partial charge in [0.05, 0.1) is 11.6 Å². The quantitative estimate of drug-likeness (QED) is 0.862. The number of hydrogen-bond donors (Lipinski definition) is 1. The Morgan fingerprint density at radius 3 is 3.00 bits per heavy atom. The Hall–Kier alpha value is -1.03. The standard InChI is InChI=1S/C17H20ClNOS/c1-2-8-19-16(17-14(18)7-9-21-17)13-10-12-5-3-4-6-15(12)20-11-13/h3-7,9,13,16,19H,2,8,10-11H2,1H3. The molecule has 2 heterocycles. The van der Waals surface area contributed by atoms with Gasteiger partial charge in [0.2, 0.25) is 0 Å². The zero-order valence-electron chi connectivity index (χ0n) is 12.1. The van der Waals surface area contributed by atoms with Crippen molar-refractivity contribution in [2.45, 2.75) is 25.8 Å². The first-order valence-corrected chi connectivity index (χ1v) is 8.72. The molecule has 0 spiro atoms. The number of para-hydroxylation sites is 1. The van der Waals surface area contributed by atoms with Gasteiger partial charge in [0.25, 0.3) is 0 Å². The molecule has 4 heteroatoms. The van der Waals surface area contributed by atoms with Gasteiger partial charge in [-0.15, -0.1) is 11.3 Å². The van der Waals surface area contributed by atoms with Crippen LogP contribution >= 0.6 is 22.9 Å². The fraction of sp³-hybridized carbons (Fsp3) is 0.412. The van der Waals surface area contributed by atoms with E-state index in [0.29, 0.717) is 5.92 Å². The van der Waals surface area contributed by atoms with Crippen LogP contribution in [0, 0.1) is 5.92 Å². The molecule has 21 heavy (non-hydrogen) atoms. The largest absolute Gasteiger partial charge is 0.493 e. The van der Waals surface area contributed by atoms with E-state index in [1.54, 1.807) is 11.3 Å². The van der Waals surface area contributed by atoms with Crippen molar-refractivity contribution in [3.05, 3.63) is 51.2 Å². The molecule has 2 atom stereocenters. The predicted molar refractivity (Wildman–Crippen MR) is 89.5 cm³/mol. The van der Waals surface area contributed by atoms with Crippen molar-refractivity contribution in [1.82, 2.24) is 5.32 Å². The van der Waals surface area contributed by atoms with Gasteiger partial charge in [0.15, 0.2) is 0 Å². The summed E-state index contributed by atoms with van der Waals surface area (Å²) in [5, 5.41) is 6.59. The third-order valence-electron chi connectivity index (χ3n) is 3.92. The summed E-state index contributed by atoms with van der Waals surface area (Å²) < 4.78 is 5.96. The van der Waals surface area contributed by atoms with Crippen LogP contribution < -0.4 is 10.1 Å². The number of hydrogen-bond acceptors (Lipinski definition) is 3. The van der Waals surface area contributed by atoms with Gasteiger partial charge in [0, 0.05) is 16.8 Å². The van der Waals surface area contributed by atoms with E-state index in [2.05, 4.69) is 35.8 Å². The van der Waals surface area contributed by atoms with Gasteiger partial charge in [-0.1, -0.05) is 36.7 Å². The lowest BCUT2D eigenvalue weighted by Gasteiger charge is -2.32. The van der Waals surface area contributed by atoms with Gasteiger partial charge in [-0.25, -0.2) is 0 Å². The fourth-order valence-electron chi connectivity index (χ4n) is 2.87. The Balaban J connectivity index is 1.83. The molecule has 0 bridgehead atoms. The molecule has 0 fully saturated rings. The van der Waals surface area contributed by atoms with Gasteiger partial charge in [-0.2, -0.15) is 0 Å². The minimum absolute atomic E-state index is 0.269. The summed E-state index contributed by atoms with van der Waals surface area (Å²) in [4.78, 5) is 1.23. The molecule has 112 valence electrons. The third-order valence-corrected chi connectivity index (χ3v) is 5.36. The van der Waals surface area contributed by atoms with Crippen molar-refractivity contribution < 1.29 is 4.74 Å². The predicted octanol–water partition coefficient (Wildman–Crippen LogP) is 4.69. The summed E-state index contributed by atoms with van der Waals surface area (Å²) in [6.07, 6.45) is 2.15. The number of rotatable bonds is 5. The smallest absolute Gasteiger partial charge is 0.122 e. The van der Waals surface area contributed by atoms with Crippen LogP contribution in [0.25, 0.3) is 0 Å². The molecule has 3 rings (SSSR count). The minimum atomic E-state index is 0.269. The number of fused-ring (bicyclic) bond motifs is 1. The minimum Gasteiger partial charge on any atom is -0.493 e. The molecule has 0 saturated carbocycles. The van der Waals surface area contributed by atoms with Crippen LogP contribution in [0.4, 0.5) is 0 Å². The van der Waals surface area contributed by atoms with E-state index in [0.717, 1.165) is 36.8 Å². The van der Waals surface area contributed by atoms with Crippen LogP contribution in [-0.4, -0.2) is 13.2 Å². The van der Waals surface area contributed by atoms with E-state index in [1.807, 2.05) is 12.1 Å². The molecule has 0 aliphatic carbocycles. The lowest BCUT2D eigenvalue weighted by molar-refractivity contribution is 0.186. The Labute approximate surface area is 135 Å². The molecule has 0 radical (unpaired) electrons. The van der Waals surface area contributed by atoms with Crippen LogP contribution in [0.2, 0.25) is 5.02 Å². The van der Waals surface area contributed by atoms with Gasteiger partial charge < -0.3 is 10.1 Å². The average molecular weight is 322 g/mol. The lowest BCUT2D eigenvalue weighted by Crippen LogP contribution is -2.35. The highest BCUT2D eigenvalue weighted by atomic mass is 35.5. The zero-order chi connectivity index (χ0) is 14.7. The number of ether oxygens (including phenoxy) is 1. The van der Waals surface area contributed by atoms with Gasteiger partial charge >= 0.3 is 0 Å². The van der Waals surface area contributed by atoms with Gasteiger partial charge in [-0.05, 0) is 42.5 Å². The summed E-state index contributed by atoms with van der Waals surface area (Å²) >= 11 is 8.10. The third kappa shape index (κ3) is 3.25. The average Bonchev–Trinajstić information content (AvgIpc) is 2.94. The highest BCUT2D eigenvalue weighted by molar-refractivity contribution is 7.10. The van der Waals surface area contributed by atoms with Crippen molar-refractivity contribution >= 4 is 22.9 Å². The summed E-state index contributed by atoms with van der Waals surface area (Å²) in [7, 11) is 0. The topological polar surface area (TPSA) is 21.3 Å². The zero-order valence-corrected chi connectivity index (χ0v) is 13.7. The monoisotopic (exact) mass is 321 g/mol. The van der Waals surface area contributed by atoms with Crippen LogP contribution in [0.3, 0.4) is 0 Å². The van der Waals surface area contributed by atoms with E-state index in [-0.39, 0.29) is 6.04 Å². The van der Waals surface area contributed by atoms with Crippen LogP contribution in [0.5, 0.6) is 5.75 Å². The molecule has 2 nitrogen and oxygen atoms in total. The molecule has 2 unspecified atom stereocenters. The number of nitrogens with one attached hydrogen (secondary N) is 1. The van der Waals surface area contributed by atoms with E-state index in [4.69, 9.17) is 16.3 Å². The molecule has 0 amide bonds. The molecule has 1 N–H and O–H groups in total. The fourth-order valence-corrected chi connectivity index (χ4v) is 4.21. The molecule has 2 aromatic rings. The van der Waals surface area contributed by atoms with Crippen LogP contribution in [0.15, 0.2) is 35.7 Å². The Morgan fingerprint density at radius 1 is 1.38 bits per heavy atom. The first-order chi connectivity index (χ1) is 10.3. The van der Waals surface area contributed by atoms with E-state index in [9.17, 15) is 0 Å². The SMILES string of the molecule is CCCNC(c1sccc1Cl)C1COc2ccccc2C1. The Bertz CT molecular complexity index is 598. The first kappa shape index (κ1) is 14.9. The highest BCUT2D eigenvalue weighted by Crippen LogP contribution is 2.38. The lowest BCUT2D eigenvalue weighted by atomic mass is 9.89. The van der Waals surface area contributed by atoms with E-state index >= 15 is 0 Å². The van der Waals surface area contributed by atoms with Crippen LogP contribution in [-0.2, 0) is 6.42 Å². The van der Waals surface area contributed by atoms with E-state index < -0.39 is 0 Å². The maximum absolute atomic E-state index is 6.36. The Morgan fingerprint density at radius 2 is 2.24 bits per heavy atom. The van der Waals surface area contributed by atoms with E-state index in [1.165, 1.54) is 10.4 Å². The highest BCUT2D eigenvalue weighted by Gasteiger charge is 2.30. The number of benzene rings is 1. The second kappa shape index (κ2) is 6.82. The number of halogens is 1. The molecular weight excluding hydrogens is 302 g/mol. The summed E-state index contributed by atoms with van der Waals surface area (Å²) in [5.41, 5.74) is 1.30. The van der Waals surface area contributed by atoms with Crippen molar-refractivity contribution in [2.24, 2.45) is 5.92 Å². The van der Waals surface area contributed by atoms with Crippen molar-refractivity contribution in [1.29, 1.82) is 0 Å². The number of thiophene rings is 1. The molecule has 1 aromatic carbocycles. The Kier molecular flexibility index (Phi) is 4.84. The maximum Gasteiger partial charge on any atom is 0.122 e. The summed E-state index contributed by atoms with van der Waals surface area (Å²) in [6, 6.07) is 10.6. The normalized spacial score (nSPS) is 18.9. The summed E-state index contributed by atoms with van der Waals surface area (Å²) in [5.74, 6) is 1.45. The second-order valence-electron chi connectivity index (χ2n) is 5.45. The van der Waals surface area contributed by atoms with Crippen molar-refractivity contribution in [3.8, 4) is 5.75 Å².